The number of hydrogen-bond donors (Lipinski definition) is 1. The number of hydrogen-bond acceptors (Lipinski definition) is 3. The lowest BCUT2D eigenvalue weighted by atomic mass is 10.2. The Morgan fingerprint density at radius 1 is 1.13 bits per heavy atom. The van der Waals surface area contributed by atoms with Gasteiger partial charge in [0.05, 0.1) is 23.5 Å². The minimum Gasteiger partial charge on any atom is -0.495 e. The third-order valence-corrected chi connectivity index (χ3v) is 3.53. The normalized spacial score (nSPS) is 10.0. The van der Waals surface area contributed by atoms with E-state index in [0.717, 1.165) is 0 Å². The number of para-hydroxylation sites is 3. The summed E-state index contributed by atoms with van der Waals surface area (Å²) in [6.45, 7) is 1.25. The molecule has 2 aromatic rings. The number of carbonyl (C=O) groups excluding carboxylic acids is 2. The Balaban J connectivity index is 2.16. The molecule has 0 bridgehead atoms. The van der Waals surface area contributed by atoms with Crippen LogP contribution in [0.2, 0.25) is 5.02 Å². The maximum atomic E-state index is 12.3. The van der Waals surface area contributed by atoms with Gasteiger partial charge in [-0.3, -0.25) is 9.59 Å². The molecule has 0 heterocycles. The van der Waals surface area contributed by atoms with Crippen molar-refractivity contribution in [3.8, 4) is 5.75 Å². The van der Waals surface area contributed by atoms with Crippen molar-refractivity contribution >= 4 is 34.8 Å². The van der Waals surface area contributed by atoms with Crippen LogP contribution in [0.3, 0.4) is 0 Å². The van der Waals surface area contributed by atoms with E-state index in [1.807, 2.05) is 0 Å². The van der Waals surface area contributed by atoms with Crippen molar-refractivity contribution < 1.29 is 14.3 Å². The van der Waals surface area contributed by atoms with Gasteiger partial charge in [0.2, 0.25) is 11.8 Å². The van der Waals surface area contributed by atoms with Crippen molar-refractivity contribution in [2.45, 2.75) is 6.92 Å². The van der Waals surface area contributed by atoms with E-state index in [9.17, 15) is 9.59 Å². The molecule has 0 aliphatic heterocycles. The summed E-state index contributed by atoms with van der Waals surface area (Å²) >= 11 is 6.11. The molecule has 23 heavy (non-hydrogen) atoms. The number of anilines is 2. The van der Waals surface area contributed by atoms with Crippen molar-refractivity contribution in [1.82, 2.24) is 0 Å². The van der Waals surface area contributed by atoms with Crippen molar-refractivity contribution in [2.75, 3.05) is 23.9 Å². The molecule has 2 rings (SSSR count). The molecule has 0 aromatic heterocycles. The lowest BCUT2D eigenvalue weighted by Gasteiger charge is -2.22. The number of methoxy groups -OCH3 is 1. The van der Waals surface area contributed by atoms with Crippen molar-refractivity contribution in [3.63, 3.8) is 0 Å². The van der Waals surface area contributed by atoms with Crippen LogP contribution in [-0.4, -0.2) is 25.5 Å². The van der Waals surface area contributed by atoms with Crippen LogP contribution in [0.15, 0.2) is 48.5 Å². The summed E-state index contributed by atoms with van der Waals surface area (Å²) in [5.41, 5.74) is 1.04. The zero-order valence-corrected chi connectivity index (χ0v) is 13.6. The van der Waals surface area contributed by atoms with E-state index in [1.54, 1.807) is 48.5 Å². The molecule has 5 nitrogen and oxygen atoms in total. The molecule has 2 amide bonds. The van der Waals surface area contributed by atoms with Crippen LogP contribution >= 0.6 is 11.6 Å². The SMILES string of the molecule is COc1ccccc1NC(=O)CN(C(C)=O)c1ccccc1Cl. The Kier molecular flexibility index (Phi) is 5.60. The van der Waals surface area contributed by atoms with Crippen LogP contribution in [0.25, 0.3) is 0 Å². The summed E-state index contributed by atoms with van der Waals surface area (Å²) in [6.07, 6.45) is 0. The average Bonchev–Trinajstić information content (AvgIpc) is 2.53. The molecule has 0 aliphatic rings. The van der Waals surface area contributed by atoms with Crippen LogP contribution in [0.5, 0.6) is 5.75 Å². The van der Waals surface area contributed by atoms with Gasteiger partial charge in [0.1, 0.15) is 12.3 Å². The van der Waals surface area contributed by atoms with Crippen LogP contribution in [-0.2, 0) is 9.59 Å². The van der Waals surface area contributed by atoms with Gasteiger partial charge >= 0.3 is 0 Å². The summed E-state index contributed by atoms with van der Waals surface area (Å²) in [5.74, 6) is -0.0640. The van der Waals surface area contributed by atoms with Crippen LogP contribution in [0.4, 0.5) is 11.4 Å². The number of amides is 2. The Hall–Kier alpha value is -2.53. The van der Waals surface area contributed by atoms with Crippen molar-refractivity contribution in [3.05, 3.63) is 53.6 Å². The van der Waals surface area contributed by atoms with Gasteiger partial charge in [-0.15, -0.1) is 0 Å². The van der Waals surface area contributed by atoms with E-state index >= 15 is 0 Å². The van der Waals surface area contributed by atoms with Gasteiger partial charge < -0.3 is 15.0 Å². The molecule has 2 aromatic carbocycles. The molecular weight excluding hydrogens is 316 g/mol. The molecule has 0 atom stereocenters. The predicted molar refractivity (Wildman–Crippen MR) is 91.1 cm³/mol. The van der Waals surface area contributed by atoms with E-state index in [2.05, 4.69) is 5.32 Å². The fourth-order valence-corrected chi connectivity index (χ4v) is 2.36. The number of nitrogens with one attached hydrogen (secondary N) is 1. The van der Waals surface area contributed by atoms with Crippen LogP contribution in [0, 0.1) is 0 Å². The summed E-state index contributed by atoms with van der Waals surface area (Å²) in [4.78, 5) is 25.5. The largest absolute Gasteiger partial charge is 0.495 e. The monoisotopic (exact) mass is 332 g/mol. The van der Waals surface area contributed by atoms with E-state index < -0.39 is 0 Å². The summed E-state index contributed by atoms with van der Waals surface area (Å²) in [7, 11) is 1.52. The van der Waals surface area contributed by atoms with E-state index in [4.69, 9.17) is 16.3 Å². The number of benzene rings is 2. The first-order valence-corrected chi connectivity index (χ1v) is 7.36. The average molecular weight is 333 g/mol. The molecule has 0 radical (unpaired) electrons. The van der Waals surface area contributed by atoms with Crippen molar-refractivity contribution in [2.24, 2.45) is 0 Å². The summed E-state index contributed by atoms with van der Waals surface area (Å²) in [6, 6.07) is 13.9. The maximum Gasteiger partial charge on any atom is 0.244 e. The summed E-state index contributed by atoms with van der Waals surface area (Å²) in [5, 5.41) is 3.15. The first-order valence-electron chi connectivity index (χ1n) is 6.98. The lowest BCUT2D eigenvalue weighted by Crippen LogP contribution is -2.36. The minimum atomic E-state index is -0.343. The summed E-state index contributed by atoms with van der Waals surface area (Å²) < 4.78 is 5.19. The smallest absolute Gasteiger partial charge is 0.244 e. The number of halogens is 1. The standard InChI is InChI=1S/C17H17ClN2O3/c1-12(21)20(15-9-5-3-7-13(15)18)11-17(22)19-14-8-4-6-10-16(14)23-2/h3-10H,11H2,1-2H3,(H,19,22). The van der Waals surface area contributed by atoms with E-state index in [1.165, 1.54) is 18.9 Å². The van der Waals surface area contributed by atoms with Gasteiger partial charge in [0.15, 0.2) is 0 Å². The zero-order valence-electron chi connectivity index (χ0n) is 12.9. The van der Waals surface area contributed by atoms with E-state index in [-0.39, 0.29) is 18.4 Å². The fraction of sp³-hybridized carbons (Fsp3) is 0.176. The zero-order chi connectivity index (χ0) is 16.8. The first kappa shape index (κ1) is 16.8. The molecular formula is C17H17ClN2O3. The molecule has 0 fully saturated rings. The highest BCUT2D eigenvalue weighted by atomic mass is 35.5. The second kappa shape index (κ2) is 7.65. The minimum absolute atomic E-state index is 0.142. The maximum absolute atomic E-state index is 12.3. The molecule has 0 aliphatic carbocycles. The van der Waals surface area contributed by atoms with Crippen LogP contribution < -0.4 is 15.0 Å². The fourth-order valence-electron chi connectivity index (χ4n) is 2.12. The molecule has 0 unspecified atom stereocenters. The highest BCUT2D eigenvalue weighted by Gasteiger charge is 2.18. The predicted octanol–water partition coefficient (Wildman–Crippen LogP) is 3.34. The molecule has 0 saturated carbocycles. The van der Waals surface area contributed by atoms with Gasteiger partial charge in [-0.25, -0.2) is 0 Å². The molecule has 120 valence electrons. The van der Waals surface area contributed by atoms with Gasteiger partial charge in [-0.05, 0) is 24.3 Å². The number of nitrogens with zero attached hydrogens (tertiary/aromatic N) is 1. The molecule has 6 heteroatoms. The molecule has 0 spiro atoms. The van der Waals surface area contributed by atoms with Gasteiger partial charge in [-0.2, -0.15) is 0 Å². The molecule has 0 saturated heterocycles. The third-order valence-electron chi connectivity index (χ3n) is 3.21. The first-order chi connectivity index (χ1) is 11.0. The second-order valence-corrected chi connectivity index (χ2v) is 5.21. The van der Waals surface area contributed by atoms with E-state index in [0.29, 0.717) is 22.1 Å². The van der Waals surface area contributed by atoms with Crippen LogP contribution in [0.1, 0.15) is 6.92 Å². The Morgan fingerprint density at radius 3 is 2.43 bits per heavy atom. The number of rotatable bonds is 5. The molecule has 1 N–H and O–H groups in total. The number of ether oxygens (including phenoxy) is 1. The van der Waals surface area contributed by atoms with Gasteiger partial charge in [0, 0.05) is 6.92 Å². The Morgan fingerprint density at radius 2 is 1.78 bits per heavy atom. The van der Waals surface area contributed by atoms with Gasteiger partial charge in [0.25, 0.3) is 0 Å². The Labute approximate surface area is 139 Å². The quantitative estimate of drug-likeness (QED) is 0.913. The third kappa shape index (κ3) is 4.23. The number of carbonyl (C=O) groups is 2. The highest BCUT2D eigenvalue weighted by Crippen LogP contribution is 2.26. The van der Waals surface area contributed by atoms with Gasteiger partial charge in [-0.1, -0.05) is 35.9 Å². The Bertz CT molecular complexity index is 718. The second-order valence-electron chi connectivity index (χ2n) is 4.81. The lowest BCUT2D eigenvalue weighted by molar-refractivity contribution is -0.120. The van der Waals surface area contributed by atoms with Crippen molar-refractivity contribution in [1.29, 1.82) is 0 Å². The highest BCUT2D eigenvalue weighted by molar-refractivity contribution is 6.33. The topological polar surface area (TPSA) is 58.6 Å².